The van der Waals surface area contributed by atoms with Crippen LogP contribution >= 0.6 is 11.3 Å². The predicted octanol–water partition coefficient (Wildman–Crippen LogP) is 1.77. The molecule has 2 aromatic rings. The molecule has 1 aromatic heterocycles. The molecule has 2 aliphatic rings. The molecule has 0 unspecified atom stereocenters. The van der Waals surface area contributed by atoms with Crippen molar-refractivity contribution in [1.82, 2.24) is 15.2 Å². The fraction of sp³-hybridized carbons (Fsp3) is 0.368. The Hall–Kier alpha value is -2.63. The van der Waals surface area contributed by atoms with Gasteiger partial charge in [-0.25, -0.2) is 8.42 Å². The predicted molar refractivity (Wildman–Crippen MR) is 109 cm³/mol. The Morgan fingerprint density at radius 3 is 2.40 bits per heavy atom. The van der Waals surface area contributed by atoms with E-state index in [2.05, 4.69) is 10.9 Å². The lowest BCUT2D eigenvalue weighted by Crippen LogP contribution is -2.42. The highest BCUT2D eigenvalue weighted by atomic mass is 32.2. The number of piperidine rings is 1. The van der Waals surface area contributed by atoms with E-state index in [1.165, 1.54) is 16.4 Å². The summed E-state index contributed by atoms with van der Waals surface area (Å²) in [7, 11) is -3.76. The minimum Gasteiger partial charge on any atom is -0.486 e. The minimum atomic E-state index is -3.76. The van der Waals surface area contributed by atoms with Gasteiger partial charge in [0.25, 0.3) is 11.8 Å². The van der Waals surface area contributed by atoms with Crippen LogP contribution < -0.4 is 20.3 Å². The lowest BCUT2D eigenvalue weighted by atomic mass is 10.2. The SMILES string of the molecule is O=C(NNC(=O)c1sccc1S(=O)(=O)N1CCCCC1)c1ccc2c(c1)OCCO2. The summed E-state index contributed by atoms with van der Waals surface area (Å²) in [6.07, 6.45) is 2.60. The first-order valence-corrected chi connectivity index (χ1v) is 11.9. The molecule has 0 bridgehead atoms. The molecule has 160 valence electrons. The van der Waals surface area contributed by atoms with Gasteiger partial charge in [-0.2, -0.15) is 4.31 Å². The van der Waals surface area contributed by atoms with E-state index in [1.807, 2.05) is 0 Å². The standard InChI is InChI=1S/C19H21N3O6S2/c23-18(13-4-5-14-15(12-13)28-10-9-27-14)20-21-19(24)17-16(6-11-29-17)30(25,26)22-7-2-1-3-8-22/h4-6,11-12H,1-3,7-10H2,(H,20,23)(H,21,24). The number of sulfonamides is 1. The fourth-order valence-electron chi connectivity index (χ4n) is 3.34. The summed E-state index contributed by atoms with van der Waals surface area (Å²) < 4.78 is 38.1. The quantitative estimate of drug-likeness (QED) is 0.685. The molecule has 3 heterocycles. The van der Waals surface area contributed by atoms with Gasteiger partial charge >= 0.3 is 0 Å². The summed E-state index contributed by atoms with van der Waals surface area (Å²) >= 11 is 1.01. The summed E-state index contributed by atoms with van der Waals surface area (Å²) in [4.78, 5) is 25.0. The van der Waals surface area contributed by atoms with Crippen LogP contribution in [0.15, 0.2) is 34.5 Å². The van der Waals surface area contributed by atoms with Gasteiger partial charge in [0, 0.05) is 18.7 Å². The number of benzene rings is 1. The van der Waals surface area contributed by atoms with Gasteiger partial charge in [-0.05, 0) is 42.5 Å². The van der Waals surface area contributed by atoms with E-state index in [0.717, 1.165) is 30.6 Å². The number of ether oxygens (including phenoxy) is 2. The van der Waals surface area contributed by atoms with Gasteiger partial charge in [0.05, 0.1) is 0 Å². The number of carbonyl (C=O) groups excluding carboxylic acids is 2. The molecule has 30 heavy (non-hydrogen) atoms. The molecule has 1 aromatic carbocycles. The number of hydrogen-bond acceptors (Lipinski definition) is 7. The maximum absolute atomic E-state index is 12.9. The summed E-state index contributed by atoms with van der Waals surface area (Å²) in [6, 6.07) is 6.11. The molecular weight excluding hydrogens is 430 g/mol. The van der Waals surface area contributed by atoms with E-state index in [4.69, 9.17) is 9.47 Å². The van der Waals surface area contributed by atoms with Gasteiger partial charge in [-0.15, -0.1) is 11.3 Å². The second-order valence-electron chi connectivity index (χ2n) is 6.85. The number of nitrogens with zero attached hydrogens (tertiary/aromatic N) is 1. The van der Waals surface area contributed by atoms with Crippen LogP contribution in [0.5, 0.6) is 11.5 Å². The third kappa shape index (κ3) is 4.13. The average Bonchev–Trinajstić information content (AvgIpc) is 3.28. The van der Waals surface area contributed by atoms with Crippen molar-refractivity contribution in [3.63, 3.8) is 0 Å². The highest BCUT2D eigenvalue weighted by Gasteiger charge is 2.31. The van der Waals surface area contributed by atoms with E-state index in [0.29, 0.717) is 37.8 Å². The molecule has 2 N–H and O–H groups in total. The monoisotopic (exact) mass is 451 g/mol. The van der Waals surface area contributed by atoms with Crippen LogP contribution in [0.2, 0.25) is 0 Å². The lowest BCUT2D eigenvalue weighted by Gasteiger charge is -2.25. The molecular formula is C19H21N3O6S2. The molecule has 0 aliphatic carbocycles. The van der Waals surface area contributed by atoms with Gasteiger partial charge in [0.15, 0.2) is 11.5 Å². The summed E-state index contributed by atoms with van der Waals surface area (Å²) in [5.74, 6) is -0.245. The van der Waals surface area contributed by atoms with E-state index in [9.17, 15) is 18.0 Å². The van der Waals surface area contributed by atoms with Gasteiger partial charge in [-0.1, -0.05) is 6.42 Å². The number of hydrazine groups is 1. The topological polar surface area (TPSA) is 114 Å². The van der Waals surface area contributed by atoms with E-state index < -0.39 is 21.8 Å². The molecule has 2 aliphatic heterocycles. The van der Waals surface area contributed by atoms with E-state index in [-0.39, 0.29) is 15.3 Å². The van der Waals surface area contributed by atoms with Crippen LogP contribution in [0.4, 0.5) is 0 Å². The van der Waals surface area contributed by atoms with Crippen molar-refractivity contribution in [2.45, 2.75) is 24.2 Å². The number of carbonyl (C=O) groups is 2. The Bertz CT molecular complexity index is 1060. The van der Waals surface area contributed by atoms with Gasteiger partial charge in [-0.3, -0.25) is 20.4 Å². The van der Waals surface area contributed by atoms with Gasteiger partial charge in [0.2, 0.25) is 10.0 Å². The Morgan fingerprint density at radius 2 is 1.63 bits per heavy atom. The Kier molecular flexibility index (Phi) is 5.93. The number of fused-ring (bicyclic) bond motifs is 1. The van der Waals surface area contributed by atoms with Crippen LogP contribution in [0.25, 0.3) is 0 Å². The minimum absolute atomic E-state index is 0.0306. The summed E-state index contributed by atoms with van der Waals surface area (Å²) in [6.45, 7) is 1.72. The Labute approximate surface area is 178 Å². The van der Waals surface area contributed by atoms with Crippen molar-refractivity contribution in [2.75, 3.05) is 26.3 Å². The Balaban J connectivity index is 1.44. The van der Waals surface area contributed by atoms with Crippen molar-refractivity contribution in [1.29, 1.82) is 0 Å². The lowest BCUT2D eigenvalue weighted by molar-refractivity contribution is 0.0846. The van der Waals surface area contributed by atoms with Crippen molar-refractivity contribution < 1.29 is 27.5 Å². The van der Waals surface area contributed by atoms with Crippen molar-refractivity contribution in [3.05, 3.63) is 40.1 Å². The van der Waals surface area contributed by atoms with Crippen LogP contribution in [0, 0.1) is 0 Å². The maximum atomic E-state index is 12.9. The Morgan fingerprint density at radius 1 is 0.933 bits per heavy atom. The van der Waals surface area contributed by atoms with Gasteiger partial charge < -0.3 is 9.47 Å². The van der Waals surface area contributed by atoms with E-state index in [1.54, 1.807) is 17.5 Å². The third-order valence-electron chi connectivity index (χ3n) is 4.86. The number of amides is 2. The summed E-state index contributed by atoms with van der Waals surface area (Å²) in [5, 5.41) is 1.55. The average molecular weight is 452 g/mol. The largest absolute Gasteiger partial charge is 0.486 e. The highest BCUT2D eigenvalue weighted by Crippen LogP contribution is 2.31. The van der Waals surface area contributed by atoms with Crippen molar-refractivity contribution in [3.8, 4) is 11.5 Å². The maximum Gasteiger partial charge on any atom is 0.281 e. The molecule has 0 saturated carbocycles. The third-order valence-corrected chi connectivity index (χ3v) is 7.85. The van der Waals surface area contributed by atoms with Crippen molar-refractivity contribution >= 4 is 33.2 Å². The van der Waals surface area contributed by atoms with Crippen molar-refractivity contribution in [2.24, 2.45) is 0 Å². The first-order valence-electron chi connectivity index (χ1n) is 9.55. The molecule has 0 radical (unpaired) electrons. The molecule has 0 spiro atoms. The first kappa shape index (κ1) is 20.6. The zero-order chi connectivity index (χ0) is 21.1. The summed E-state index contributed by atoms with van der Waals surface area (Å²) in [5.41, 5.74) is 4.88. The normalized spacial score (nSPS) is 16.7. The van der Waals surface area contributed by atoms with Gasteiger partial charge in [0.1, 0.15) is 23.0 Å². The second kappa shape index (κ2) is 8.62. The van der Waals surface area contributed by atoms with E-state index >= 15 is 0 Å². The highest BCUT2D eigenvalue weighted by molar-refractivity contribution is 7.89. The smallest absolute Gasteiger partial charge is 0.281 e. The molecule has 0 atom stereocenters. The zero-order valence-corrected chi connectivity index (χ0v) is 17.7. The number of thiophene rings is 1. The molecule has 1 saturated heterocycles. The number of nitrogens with one attached hydrogen (secondary N) is 2. The van der Waals surface area contributed by atoms with Crippen LogP contribution in [-0.2, 0) is 10.0 Å². The first-order chi connectivity index (χ1) is 14.5. The molecule has 11 heteroatoms. The number of hydrogen-bond donors (Lipinski definition) is 2. The molecule has 9 nitrogen and oxygen atoms in total. The van der Waals surface area contributed by atoms with Crippen LogP contribution in [0.3, 0.4) is 0 Å². The zero-order valence-electron chi connectivity index (χ0n) is 16.0. The molecule has 4 rings (SSSR count). The second-order valence-corrected chi connectivity index (χ2v) is 9.67. The van der Waals surface area contributed by atoms with Crippen LogP contribution in [-0.4, -0.2) is 50.8 Å². The molecule has 2 amide bonds. The fourth-order valence-corrected chi connectivity index (χ4v) is 6.15. The van der Waals surface area contributed by atoms with Crippen LogP contribution in [0.1, 0.15) is 39.3 Å². The molecule has 1 fully saturated rings. The number of rotatable bonds is 4.